The molecule has 0 saturated heterocycles. The number of hydrogen-bond donors (Lipinski definition) is 1. The minimum Gasteiger partial charge on any atom is -0.481 e. The lowest BCUT2D eigenvalue weighted by molar-refractivity contribution is -0.137. The highest BCUT2D eigenvalue weighted by molar-refractivity contribution is 5.66. The Labute approximate surface area is 117 Å². The van der Waals surface area contributed by atoms with Crippen molar-refractivity contribution in [3.63, 3.8) is 0 Å². The number of hydrogen-bond acceptors (Lipinski definition) is 4. The zero-order chi connectivity index (χ0) is 14.7. The highest BCUT2D eigenvalue weighted by Crippen LogP contribution is 1.99. The highest BCUT2D eigenvalue weighted by atomic mass is 16.5. The van der Waals surface area contributed by atoms with Gasteiger partial charge in [0.15, 0.2) is 0 Å². The van der Waals surface area contributed by atoms with Gasteiger partial charge in [-0.05, 0) is 53.9 Å². The molecule has 5 nitrogen and oxygen atoms in total. The Morgan fingerprint density at radius 2 is 1.74 bits per heavy atom. The molecule has 0 spiro atoms. The number of carbonyl (C=O) groups is 1. The number of ether oxygens (including phenoxy) is 1. The van der Waals surface area contributed by atoms with Gasteiger partial charge in [-0.1, -0.05) is 0 Å². The Kier molecular flexibility index (Phi) is 10.8. The van der Waals surface area contributed by atoms with E-state index in [1.54, 1.807) is 0 Å². The van der Waals surface area contributed by atoms with E-state index in [-0.39, 0.29) is 12.5 Å². The minimum absolute atomic E-state index is 0.215. The molecule has 0 saturated carbocycles. The van der Waals surface area contributed by atoms with Gasteiger partial charge in [-0.2, -0.15) is 0 Å². The van der Waals surface area contributed by atoms with E-state index < -0.39 is 5.97 Å². The average molecular weight is 274 g/mol. The number of carboxylic acids is 1. The number of nitrogens with zero attached hydrogens (tertiary/aromatic N) is 2. The van der Waals surface area contributed by atoms with Crippen molar-refractivity contribution in [1.29, 1.82) is 0 Å². The predicted molar refractivity (Wildman–Crippen MR) is 77.6 cm³/mol. The van der Waals surface area contributed by atoms with Gasteiger partial charge in [-0.3, -0.25) is 4.79 Å². The van der Waals surface area contributed by atoms with Crippen LogP contribution in [0.25, 0.3) is 0 Å². The number of rotatable bonds is 12. The van der Waals surface area contributed by atoms with Gasteiger partial charge in [0, 0.05) is 19.7 Å². The molecule has 0 aliphatic carbocycles. The zero-order valence-electron chi connectivity index (χ0n) is 12.9. The summed E-state index contributed by atoms with van der Waals surface area (Å²) in [4.78, 5) is 15.0. The van der Waals surface area contributed by atoms with Crippen molar-refractivity contribution in [3.8, 4) is 0 Å². The first-order valence-corrected chi connectivity index (χ1v) is 7.12. The Hall–Kier alpha value is -0.650. The van der Waals surface area contributed by atoms with Gasteiger partial charge < -0.3 is 19.6 Å². The fourth-order valence-corrected chi connectivity index (χ4v) is 1.81. The molecule has 0 aromatic heterocycles. The van der Waals surface area contributed by atoms with Crippen molar-refractivity contribution in [1.82, 2.24) is 9.80 Å². The molecule has 0 amide bonds. The summed E-state index contributed by atoms with van der Waals surface area (Å²) in [6, 6.07) is 0. The van der Waals surface area contributed by atoms with Crippen LogP contribution in [-0.4, -0.2) is 73.9 Å². The Morgan fingerprint density at radius 3 is 2.26 bits per heavy atom. The second-order valence-corrected chi connectivity index (χ2v) is 5.42. The summed E-state index contributed by atoms with van der Waals surface area (Å²) in [5.74, 6) is -0.726. The molecule has 0 heterocycles. The maximum atomic E-state index is 10.6. The van der Waals surface area contributed by atoms with Gasteiger partial charge in [0.05, 0.1) is 12.5 Å². The molecule has 0 atom stereocenters. The molecule has 114 valence electrons. The van der Waals surface area contributed by atoms with Crippen LogP contribution in [0.2, 0.25) is 0 Å². The molecule has 0 aromatic rings. The van der Waals surface area contributed by atoms with E-state index in [1.807, 2.05) is 13.8 Å². The van der Waals surface area contributed by atoms with E-state index in [1.165, 1.54) is 0 Å². The molecule has 0 rings (SSSR count). The molecule has 0 aliphatic heterocycles. The molecule has 0 unspecified atom stereocenters. The maximum Gasteiger partial charge on any atom is 0.304 e. The SMILES string of the molecule is CC(C)OCCCN(CCCN(C)C)CCC(=O)O. The van der Waals surface area contributed by atoms with E-state index in [0.717, 1.165) is 39.1 Å². The zero-order valence-corrected chi connectivity index (χ0v) is 12.9. The summed E-state index contributed by atoms with van der Waals surface area (Å²) in [6.45, 7) is 8.32. The fraction of sp³-hybridized carbons (Fsp3) is 0.929. The van der Waals surface area contributed by atoms with E-state index >= 15 is 0 Å². The first kappa shape index (κ1) is 18.4. The molecule has 0 aromatic carbocycles. The Bertz CT molecular complexity index is 233. The first-order valence-electron chi connectivity index (χ1n) is 7.12. The standard InChI is InChI=1S/C14H30N2O3/c1-13(2)19-12-6-10-16(11-7-14(17)18)9-5-8-15(3)4/h13H,5-12H2,1-4H3,(H,17,18). The smallest absolute Gasteiger partial charge is 0.304 e. The summed E-state index contributed by atoms with van der Waals surface area (Å²) < 4.78 is 5.51. The van der Waals surface area contributed by atoms with Gasteiger partial charge in [0.1, 0.15) is 0 Å². The van der Waals surface area contributed by atoms with Crippen molar-refractivity contribution in [2.75, 3.05) is 46.9 Å². The lowest BCUT2D eigenvalue weighted by Crippen LogP contribution is -2.31. The molecule has 19 heavy (non-hydrogen) atoms. The van der Waals surface area contributed by atoms with Crippen molar-refractivity contribution in [2.24, 2.45) is 0 Å². The van der Waals surface area contributed by atoms with Crippen LogP contribution in [0, 0.1) is 0 Å². The molecular formula is C14H30N2O3. The van der Waals surface area contributed by atoms with Crippen LogP contribution in [0.4, 0.5) is 0 Å². The van der Waals surface area contributed by atoms with Crippen LogP contribution in [-0.2, 0) is 9.53 Å². The molecule has 0 fully saturated rings. The minimum atomic E-state index is -0.726. The van der Waals surface area contributed by atoms with Crippen LogP contribution in [0.5, 0.6) is 0 Å². The molecule has 0 radical (unpaired) electrons. The van der Waals surface area contributed by atoms with E-state index in [0.29, 0.717) is 6.54 Å². The van der Waals surface area contributed by atoms with Crippen LogP contribution in [0.3, 0.4) is 0 Å². The van der Waals surface area contributed by atoms with Crippen LogP contribution in [0.15, 0.2) is 0 Å². The Morgan fingerprint density at radius 1 is 1.11 bits per heavy atom. The number of carboxylic acid groups (broad SMARTS) is 1. The van der Waals surface area contributed by atoms with Crippen LogP contribution in [0.1, 0.15) is 33.1 Å². The third-order valence-electron chi connectivity index (χ3n) is 2.79. The second kappa shape index (κ2) is 11.2. The predicted octanol–water partition coefficient (Wildman–Crippen LogP) is 1.53. The lowest BCUT2D eigenvalue weighted by atomic mass is 10.3. The Balaban J connectivity index is 3.85. The molecular weight excluding hydrogens is 244 g/mol. The molecule has 5 heteroatoms. The second-order valence-electron chi connectivity index (χ2n) is 5.42. The van der Waals surface area contributed by atoms with Crippen molar-refractivity contribution in [2.45, 2.75) is 39.2 Å². The topological polar surface area (TPSA) is 53.0 Å². The molecule has 1 N–H and O–H groups in total. The van der Waals surface area contributed by atoms with Gasteiger partial charge >= 0.3 is 5.97 Å². The fourth-order valence-electron chi connectivity index (χ4n) is 1.81. The van der Waals surface area contributed by atoms with Crippen molar-refractivity contribution < 1.29 is 14.6 Å². The molecule has 0 aliphatic rings. The summed E-state index contributed by atoms with van der Waals surface area (Å²) >= 11 is 0. The van der Waals surface area contributed by atoms with Gasteiger partial charge in [-0.15, -0.1) is 0 Å². The number of aliphatic carboxylic acids is 1. The van der Waals surface area contributed by atoms with E-state index in [4.69, 9.17) is 9.84 Å². The normalized spacial score (nSPS) is 11.7. The van der Waals surface area contributed by atoms with Gasteiger partial charge in [0.25, 0.3) is 0 Å². The quantitative estimate of drug-likeness (QED) is 0.547. The van der Waals surface area contributed by atoms with Crippen molar-refractivity contribution >= 4 is 5.97 Å². The maximum absolute atomic E-state index is 10.6. The summed E-state index contributed by atoms with van der Waals surface area (Å²) in [5, 5.41) is 8.76. The van der Waals surface area contributed by atoms with Crippen molar-refractivity contribution in [3.05, 3.63) is 0 Å². The third-order valence-corrected chi connectivity index (χ3v) is 2.79. The van der Waals surface area contributed by atoms with E-state index in [2.05, 4.69) is 23.9 Å². The largest absolute Gasteiger partial charge is 0.481 e. The monoisotopic (exact) mass is 274 g/mol. The van der Waals surface area contributed by atoms with Gasteiger partial charge in [-0.25, -0.2) is 0 Å². The average Bonchev–Trinajstić information content (AvgIpc) is 2.29. The first-order chi connectivity index (χ1) is 8.91. The van der Waals surface area contributed by atoms with E-state index in [9.17, 15) is 4.79 Å². The summed E-state index contributed by atoms with van der Waals surface area (Å²) in [7, 11) is 4.11. The highest BCUT2D eigenvalue weighted by Gasteiger charge is 2.07. The van der Waals surface area contributed by atoms with Crippen LogP contribution >= 0.6 is 0 Å². The third kappa shape index (κ3) is 13.6. The lowest BCUT2D eigenvalue weighted by Gasteiger charge is -2.22. The van der Waals surface area contributed by atoms with Crippen LogP contribution < -0.4 is 0 Å². The summed E-state index contributed by atoms with van der Waals surface area (Å²) in [6.07, 6.45) is 2.51. The molecule has 0 bridgehead atoms. The van der Waals surface area contributed by atoms with Gasteiger partial charge in [0.2, 0.25) is 0 Å². The summed E-state index contributed by atoms with van der Waals surface area (Å²) in [5.41, 5.74) is 0.